The van der Waals surface area contributed by atoms with Crippen molar-refractivity contribution in [2.45, 2.75) is 19.9 Å². The molecule has 0 spiro atoms. The molecule has 4 rings (SSSR count). The van der Waals surface area contributed by atoms with Gasteiger partial charge in [0.05, 0.1) is 22.6 Å². The topological polar surface area (TPSA) is 76.9 Å². The van der Waals surface area contributed by atoms with E-state index in [4.69, 9.17) is 0 Å². The average Bonchev–Trinajstić information content (AvgIpc) is 2.74. The minimum absolute atomic E-state index is 0.163. The predicted octanol–water partition coefficient (Wildman–Crippen LogP) is 3.72. The van der Waals surface area contributed by atoms with Crippen LogP contribution in [-0.4, -0.2) is 20.4 Å². The Labute approximate surface area is 172 Å². The molecule has 2 aromatic heterocycles. The predicted molar refractivity (Wildman–Crippen MR) is 112 cm³/mol. The van der Waals surface area contributed by atoms with Gasteiger partial charge in [-0.3, -0.25) is 14.2 Å². The molecule has 7 heteroatoms. The molecule has 0 aliphatic rings. The molecule has 0 saturated carbocycles. The van der Waals surface area contributed by atoms with Crippen molar-refractivity contribution in [3.63, 3.8) is 0 Å². The molecule has 0 bridgehead atoms. The lowest BCUT2D eigenvalue weighted by Gasteiger charge is -2.15. The Kier molecular flexibility index (Phi) is 5.10. The van der Waals surface area contributed by atoms with Gasteiger partial charge in [-0.2, -0.15) is 4.39 Å². The largest absolute Gasteiger partial charge is 0.346 e. The number of benzene rings is 2. The summed E-state index contributed by atoms with van der Waals surface area (Å²) in [6.45, 7) is 3.54. The van der Waals surface area contributed by atoms with Gasteiger partial charge in [0.1, 0.15) is 5.82 Å². The van der Waals surface area contributed by atoms with Gasteiger partial charge in [0, 0.05) is 11.8 Å². The van der Waals surface area contributed by atoms with Crippen LogP contribution in [0.25, 0.3) is 16.6 Å². The SMILES string of the molecule is Cc1nc2ccccc2c(=O)n1-c1ccc(C(=O)NC(C)c2ccnc(F)c2)cc1. The summed E-state index contributed by atoms with van der Waals surface area (Å²) in [5.74, 6) is -0.334. The molecule has 1 atom stereocenters. The van der Waals surface area contributed by atoms with Crippen LogP contribution in [0.2, 0.25) is 0 Å². The van der Waals surface area contributed by atoms with Crippen LogP contribution in [0.15, 0.2) is 71.7 Å². The number of aryl methyl sites for hydroxylation is 1. The monoisotopic (exact) mass is 402 g/mol. The van der Waals surface area contributed by atoms with Crippen LogP contribution in [0.5, 0.6) is 0 Å². The molecule has 1 N–H and O–H groups in total. The minimum atomic E-state index is -0.595. The standard InChI is InChI=1S/C23H19FN4O2/c1-14(17-11-12-25-21(24)13-17)26-22(29)16-7-9-18(10-8-16)28-15(2)27-20-6-4-3-5-19(20)23(28)30/h3-14H,1-2H3,(H,26,29). The summed E-state index contributed by atoms with van der Waals surface area (Å²) >= 11 is 0. The molecule has 0 aliphatic heterocycles. The number of hydrogen-bond donors (Lipinski definition) is 1. The molecule has 0 aliphatic carbocycles. The van der Waals surface area contributed by atoms with Crippen molar-refractivity contribution in [1.82, 2.24) is 19.9 Å². The van der Waals surface area contributed by atoms with E-state index >= 15 is 0 Å². The first-order valence-corrected chi connectivity index (χ1v) is 9.45. The summed E-state index contributed by atoms with van der Waals surface area (Å²) < 4.78 is 14.8. The van der Waals surface area contributed by atoms with E-state index in [0.29, 0.717) is 33.5 Å². The Bertz CT molecular complexity index is 1300. The van der Waals surface area contributed by atoms with Gasteiger partial charge in [-0.25, -0.2) is 9.97 Å². The number of carbonyl (C=O) groups excluding carboxylic acids is 1. The molecule has 0 fully saturated rings. The number of halogens is 1. The second-order valence-corrected chi connectivity index (χ2v) is 6.97. The van der Waals surface area contributed by atoms with E-state index in [1.807, 2.05) is 6.07 Å². The highest BCUT2D eigenvalue weighted by atomic mass is 19.1. The number of carbonyl (C=O) groups is 1. The van der Waals surface area contributed by atoms with Crippen molar-refractivity contribution in [1.29, 1.82) is 0 Å². The number of amides is 1. The summed E-state index contributed by atoms with van der Waals surface area (Å²) in [6, 6.07) is 16.4. The number of para-hydroxylation sites is 1. The van der Waals surface area contributed by atoms with E-state index in [9.17, 15) is 14.0 Å². The normalized spacial score (nSPS) is 12.0. The molecule has 30 heavy (non-hydrogen) atoms. The van der Waals surface area contributed by atoms with Crippen molar-refractivity contribution < 1.29 is 9.18 Å². The Morgan fingerprint density at radius 3 is 2.57 bits per heavy atom. The third-order valence-corrected chi connectivity index (χ3v) is 4.93. The highest BCUT2D eigenvalue weighted by molar-refractivity contribution is 5.94. The fourth-order valence-corrected chi connectivity index (χ4v) is 3.36. The zero-order valence-corrected chi connectivity index (χ0v) is 16.5. The van der Waals surface area contributed by atoms with Crippen LogP contribution >= 0.6 is 0 Å². The molecule has 0 saturated heterocycles. The Morgan fingerprint density at radius 2 is 1.83 bits per heavy atom. The summed E-state index contributed by atoms with van der Waals surface area (Å²) in [4.78, 5) is 33.5. The highest BCUT2D eigenvalue weighted by Gasteiger charge is 2.14. The molecule has 2 aromatic carbocycles. The number of nitrogens with zero attached hydrogens (tertiary/aromatic N) is 3. The number of hydrogen-bond acceptors (Lipinski definition) is 4. The van der Waals surface area contributed by atoms with Gasteiger partial charge in [0.25, 0.3) is 11.5 Å². The number of rotatable bonds is 4. The number of fused-ring (bicyclic) bond motifs is 1. The van der Waals surface area contributed by atoms with Crippen LogP contribution in [-0.2, 0) is 0 Å². The fourth-order valence-electron chi connectivity index (χ4n) is 3.36. The second-order valence-electron chi connectivity index (χ2n) is 6.97. The van der Waals surface area contributed by atoms with Gasteiger partial charge in [0.15, 0.2) is 0 Å². The molecule has 1 unspecified atom stereocenters. The summed E-state index contributed by atoms with van der Waals surface area (Å²) in [5.41, 5.74) is 2.16. The first-order valence-electron chi connectivity index (χ1n) is 9.45. The fraction of sp³-hybridized carbons (Fsp3) is 0.130. The number of aromatic nitrogens is 3. The van der Waals surface area contributed by atoms with Crippen molar-refractivity contribution in [2.24, 2.45) is 0 Å². The lowest BCUT2D eigenvalue weighted by Crippen LogP contribution is -2.27. The smallest absolute Gasteiger partial charge is 0.265 e. The maximum absolute atomic E-state index is 13.3. The number of nitrogens with one attached hydrogen (secondary N) is 1. The van der Waals surface area contributed by atoms with Crippen LogP contribution in [0.1, 0.15) is 34.7 Å². The van der Waals surface area contributed by atoms with Gasteiger partial charge < -0.3 is 5.32 Å². The third kappa shape index (κ3) is 3.69. The number of pyridine rings is 1. The maximum atomic E-state index is 13.3. The minimum Gasteiger partial charge on any atom is -0.346 e. The van der Waals surface area contributed by atoms with Gasteiger partial charge in [-0.05, 0) is 67.9 Å². The maximum Gasteiger partial charge on any atom is 0.265 e. The first-order chi connectivity index (χ1) is 14.4. The molecular weight excluding hydrogens is 383 g/mol. The van der Waals surface area contributed by atoms with Crippen molar-refractivity contribution >= 4 is 16.8 Å². The van der Waals surface area contributed by atoms with E-state index in [1.165, 1.54) is 16.8 Å². The molecule has 2 heterocycles. The van der Waals surface area contributed by atoms with Gasteiger partial charge >= 0.3 is 0 Å². The summed E-state index contributed by atoms with van der Waals surface area (Å²) in [6.07, 6.45) is 1.36. The van der Waals surface area contributed by atoms with Crippen LogP contribution in [0.3, 0.4) is 0 Å². The van der Waals surface area contributed by atoms with Gasteiger partial charge in [0.2, 0.25) is 5.95 Å². The van der Waals surface area contributed by atoms with E-state index < -0.39 is 5.95 Å². The zero-order valence-electron chi connectivity index (χ0n) is 16.5. The summed E-state index contributed by atoms with van der Waals surface area (Å²) in [7, 11) is 0. The molecule has 150 valence electrons. The first kappa shape index (κ1) is 19.4. The summed E-state index contributed by atoms with van der Waals surface area (Å²) in [5, 5.41) is 3.36. The van der Waals surface area contributed by atoms with Crippen molar-refractivity contribution in [2.75, 3.05) is 0 Å². The van der Waals surface area contributed by atoms with E-state index in [1.54, 1.807) is 62.4 Å². The van der Waals surface area contributed by atoms with Crippen molar-refractivity contribution in [3.05, 3.63) is 100 Å². The molecule has 0 radical (unpaired) electrons. The van der Waals surface area contributed by atoms with Gasteiger partial charge in [-0.1, -0.05) is 12.1 Å². The molecule has 4 aromatic rings. The van der Waals surface area contributed by atoms with Crippen LogP contribution < -0.4 is 10.9 Å². The Balaban J connectivity index is 1.60. The quantitative estimate of drug-likeness (QED) is 0.528. The zero-order chi connectivity index (χ0) is 21.3. The average molecular weight is 402 g/mol. The van der Waals surface area contributed by atoms with Crippen LogP contribution in [0.4, 0.5) is 4.39 Å². The molecule has 6 nitrogen and oxygen atoms in total. The lowest BCUT2D eigenvalue weighted by atomic mass is 10.1. The third-order valence-electron chi connectivity index (χ3n) is 4.93. The van der Waals surface area contributed by atoms with Crippen molar-refractivity contribution in [3.8, 4) is 5.69 Å². The van der Waals surface area contributed by atoms with Gasteiger partial charge in [-0.15, -0.1) is 0 Å². The molecule has 1 amide bonds. The van der Waals surface area contributed by atoms with E-state index in [-0.39, 0.29) is 17.5 Å². The molecular formula is C23H19FN4O2. The van der Waals surface area contributed by atoms with E-state index in [2.05, 4.69) is 15.3 Å². The Morgan fingerprint density at radius 1 is 1.10 bits per heavy atom. The lowest BCUT2D eigenvalue weighted by molar-refractivity contribution is 0.0939. The Hall–Kier alpha value is -3.87. The van der Waals surface area contributed by atoms with Crippen LogP contribution in [0, 0.1) is 12.9 Å². The highest BCUT2D eigenvalue weighted by Crippen LogP contribution is 2.16. The van der Waals surface area contributed by atoms with E-state index in [0.717, 1.165) is 0 Å². The second kappa shape index (κ2) is 7.87.